The summed E-state index contributed by atoms with van der Waals surface area (Å²) in [6.45, 7) is 7.07. The van der Waals surface area contributed by atoms with Crippen LogP contribution in [0.4, 0.5) is 5.00 Å². The van der Waals surface area contributed by atoms with Crippen molar-refractivity contribution in [2.75, 3.05) is 44.2 Å². The minimum Gasteiger partial charge on any atom is -0.359 e. The van der Waals surface area contributed by atoms with Crippen LogP contribution >= 0.6 is 11.5 Å². The number of rotatable bonds is 6. The lowest BCUT2D eigenvalue weighted by molar-refractivity contribution is 0.0774. The van der Waals surface area contributed by atoms with E-state index in [-0.39, 0.29) is 5.91 Å². The van der Waals surface area contributed by atoms with Crippen molar-refractivity contribution in [1.29, 1.82) is 0 Å². The van der Waals surface area contributed by atoms with E-state index in [1.54, 1.807) is 11.5 Å². The van der Waals surface area contributed by atoms with E-state index in [0.29, 0.717) is 0 Å². The number of aromatic nitrogens is 1. The Labute approximate surface area is 175 Å². The molecular weight excluding hydrogens is 380 g/mol. The van der Waals surface area contributed by atoms with Crippen molar-refractivity contribution < 1.29 is 4.79 Å². The molecule has 2 aromatic carbocycles. The molecule has 0 aliphatic carbocycles. The van der Waals surface area contributed by atoms with Crippen LogP contribution in [0, 0.1) is 0 Å². The molecule has 3 heterocycles. The molecule has 1 aromatic heterocycles. The first kappa shape index (κ1) is 18.6. The number of amides is 1. The summed E-state index contributed by atoms with van der Waals surface area (Å²) in [4.78, 5) is 19.5. The Balaban J connectivity index is 1.06. The number of unbranched alkanes of at least 4 members (excludes halogenated alkanes) is 1. The molecule has 150 valence electrons. The molecule has 0 bridgehead atoms. The number of hydrogen-bond donors (Lipinski definition) is 0. The van der Waals surface area contributed by atoms with Crippen LogP contribution in [0.5, 0.6) is 0 Å². The second kappa shape index (κ2) is 8.13. The summed E-state index contributed by atoms with van der Waals surface area (Å²) in [6.07, 6.45) is 2.21. The van der Waals surface area contributed by atoms with Gasteiger partial charge in [0.2, 0.25) is 0 Å². The van der Waals surface area contributed by atoms with Crippen molar-refractivity contribution in [2.45, 2.75) is 19.4 Å². The molecule has 0 spiro atoms. The van der Waals surface area contributed by atoms with Gasteiger partial charge in [-0.15, -0.1) is 0 Å². The average molecular weight is 407 g/mol. The highest BCUT2D eigenvalue weighted by Gasteiger charge is 2.26. The predicted molar refractivity (Wildman–Crippen MR) is 119 cm³/mol. The van der Waals surface area contributed by atoms with Gasteiger partial charge in [-0.05, 0) is 54.7 Å². The molecule has 1 saturated heterocycles. The van der Waals surface area contributed by atoms with E-state index < -0.39 is 0 Å². The largest absolute Gasteiger partial charge is 0.359 e. The Morgan fingerprint density at radius 2 is 1.66 bits per heavy atom. The highest BCUT2D eigenvalue weighted by Crippen LogP contribution is 2.31. The third-order valence-electron chi connectivity index (χ3n) is 6.07. The van der Waals surface area contributed by atoms with Crippen molar-refractivity contribution in [2.24, 2.45) is 0 Å². The molecular formula is C23H26N4OS. The van der Waals surface area contributed by atoms with Crippen LogP contribution in [-0.2, 0) is 6.54 Å². The molecule has 0 radical (unpaired) electrons. The van der Waals surface area contributed by atoms with E-state index in [2.05, 4.69) is 44.5 Å². The molecule has 1 fully saturated rings. The lowest BCUT2D eigenvalue weighted by Gasteiger charge is -2.35. The monoisotopic (exact) mass is 406 g/mol. The van der Waals surface area contributed by atoms with Gasteiger partial charge in [-0.1, -0.05) is 30.3 Å². The molecule has 29 heavy (non-hydrogen) atoms. The third-order valence-corrected chi connectivity index (χ3v) is 7.01. The molecule has 0 unspecified atom stereocenters. The first-order valence-electron chi connectivity index (χ1n) is 10.5. The second-order valence-electron chi connectivity index (χ2n) is 7.92. The van der Waals surface area contributed by atoms with Crippen molar-refractivity contribution in [3.63, 3.8) is 0 Å². The van der Waals surface area contributed by atoms with Gasteiger partial charge in [-0.2, -0.15) is 4.37 Å². The molecule has 0 atom stereocenters. The Bertz CT molecular complexity index is 1010. The molecule has 2 aliphatic rings. The number of fused-ring (bicyclic) bond motifs is 2. The summed E-state index contributed by atoms with van der Waals surface area (Å²) in [6, 6.07) is 16.4. The zero-order valence-corrected chi connectivity index (χ0v) is 17.4. The fourth-order valence-corrected chi connectivity index (χ4v) is 5.32. The maximum Gasteiger partial charge on any atom is 0.254 e. The van der Waals surface area contributed by atoms with Crippen LogP contribution in [-0.4, -0.2) is 59.3 Å². The zero-order valence-electron chi connectivity index (χ0n) is 16.6. The van der Waals surface area contributed by atoms with Gasteiger partial charge >= 0.3 is 0 Å². The Morgan fingerprint density at radius 1 is 0.897 bits per heavy atom. The van der Waals surface area contributed by atoms with Gasteiger partial charge in [0, 0.05) is 50.2 Å². The van der Waals surface area contributed by atoms with E-state index in [4.69, 9.17) is 0 Å². The van der Waals surface area contributed by atoms with Gasteiger partial charge in [-0.3, -0.25) is 9.69 Å². The van der Waals surface area contributed by atoms with Gasteiger partial charge in [0.1, 0.15) is 5.00 Å². The number of carbonyl (C=O) groups excluding carboxylic acids is 1. The van der Waals surface area contributed by atoms with E-state index >= 15 is 0 Å². The van der Waals surface area contributed by atoms with E-state index in [9.17, 15) is 4.79 Å². The van der Waals surface area contributed by atoms with E-state index in [0.717, 1.165) is 69.7 Å². The van der Waals surface area contributed by atoms with Crippen molar-refractivity contribution in [1.82, 2.24) is 14.2 Å². The van der Waals surface area contributed by atoms with Crippen LogP contribution in [0.2, 0.25) is 0 Å². The number of carbonyl (C=O) groups is 1. The maximum absolute atomic E-state index is 12.4. The summed E-state index contributed by atoms with van der Waals surface area (Å²) >= 11 is 1.62. The quantitative estimate of drug-likeness (QED) is 0.583. The molecule has 0 N–H and O–H groups in total. The summed E-state index contributed by atoms with van der Waals surface area (Å²) < 4.78 is 4.59. The van der Waals surface area contributed by atoms with Gasteiger partial charge in [0.25, 0.3) is 5.91 Å². The van der Waals surface area contributed by atoms with Crippen molar-refractivity contribution in [3.8, 4) is 0 Å². The van der Waals surface area contributed by atoms with Crippen molar-refractivity contribution in [3.05, 3.63) is 59.7 Å². The molecule has 5 rings (SSSR count). The maximum atomic E-state index is 12.4. The molecule has 3 aromatic rings. The molecule has 1 amide bonds. The lowest BCUT2D eigenvalue weighted by Crippen LogP contribution is -2.46. The van der Waals surface area contributed by atoms with Crippen LogP contribution in [0.15, 0.2) is 48.5 Å². The standard InChI is InChI=1S/C23H26N4OS/c28-22-19-8-2-1-7-18(19)17-27(22)12-6-5-11-25-13-15-26(16-14-25)23-20-9-3-4-10-21(20)24-29-23/h1-4,7-10H,5-6,11-17H2. The lowest BCUT2D eigenvalue weighted by atomic mass is 10.1. The molecule has 2 aliphatic heterocycles. The predicted octanol–water partition coefficient (Wildman–Crippen LogP) is 3.85. The van der Waals surface area contributed by atoms with Crippen LogP contribution < -0.4 is 4.90 Å². The number of hydrogen-bond acceptors (Lipinski definition) is 5. The Hall–Kier alpha value is -2.44. The van der Waals surface area contributed by atoms with E-state index in [1.165, 1.54) is 16.0 Å². The number of nitrogens with zero attached hydrogens (tertiary/aromatic N) is 4. The fraction of sp³-hybridized carbons (Fsp3) is 0.391. The highest BCUT2D eigenvalue weighted by molar-refractivity contribution is 7.11. The van der Waals surface area contributed by atoms with E-state index in [1.807, 2.05) is 23.1 Å². The average Bonchev–Trinajstić information content (AvgIpc) is 3.33. The molecule has 6 heteroatoms. The van der Waals surface area contributed by atoms with Crippen LogP contribution in [0.25, 0.3) is 10.9 Å². The number of anilines is 1. The minimum absolute atomic E-state index is 0.200. The second-order valence-corrected chi connectivity index (χ2v) is 8.68. The topological polar surface area (TPSA) is 39.7 Å². The smallest absolute Gasteiger partial charge is 0.254 e. The summed E-state index contributed by atoms with van der Waals surface area (Å²) in [7, 11) is 0. The van der Waals surface area contributed by atoms with Crippen LogP contribution in [0.1, 0.15) is 28.8 Å². The molecule has 5 nitrogen and oxygen atoms in total. The first-order valence-corrected chi connectivity index (χ1v) is 11.3. The third kappa shape index (κ3) is 3.74. The SMILES string of the molecule is O=C1c2ccccc2CN1CCCCN1CCN(c2snc3ccccc23)CC1. The summed E-state index contributed by atoms with van der Waals surface area (Å²) in [5, 5.41) is 2.59. The highest BCUT2D eigenvalue weighted by atomic mass is 32.1. The minimum atomic E-state index is 0.200. The normalized spacial score (nSPS) is 17.3. The van der Waals surface area contributed by atoms with Crippen LogP contribution in [0.3, 0.4) is 0 Å². The van der Waals surface area contributed by atoms with Gasteiger partial charge < -0.3 is 9.80 Å². The van der Waals surface area contributed by atoms with Gasteiger partial charge in [0.05, 0.1) is 5.52 Å². The molecule has 0 saturated carbocycles. The van der Waals surface area contributed by atoms with Crippen molar-refractivity contribution >= 4 is 33.3 Å². The zero-order chi connectivity index (χ0) is 19.6. The van der Waals surface area contributed by atoms with Gasteiger partial charge in [0.15, 0.2) is 0 Å². The summed E-state index contributed by atoms with van der Waals surface area (Å²) in [5.41, 5.74) is 3.16. The Morgan fingerprint density at radius 3 is 2.52 bits per heavy atom. The van der Waals surface area contributed by atoms with Gasteiger partial charge in [-0.25, -0.2) is 0 Å². The Kier molecular flexibility index (Phi) is 5.21. The first-order chi connectivity index (χ1) is 14.3. The number of piperazine rings is 1. The summed E-state index contributed by atoms with van der Waals surface area (Å²) in [5.74, 6) is 0.200. The number of benzene rings is 2. The fourth-order valence-electron chi connectivity index (χ4n) is 4.41.